The van der Waals surface area contributed by atoms with Gasteiger partial charge in [0.1, 0.15) is 18.4 Å². The Morgan fingerprint density at radius 3 is 2.55 bits per heavy atom. The summed E-state index contributed by atoms with van der Waals surface area (Å²) < 4.78 is 40.0. The van der Waals surface area contributed by atoms with Gasteiger partial charge < -0.3 is 14.0 Å². The number of rotatable bonds is 3. The third-order valence-electron chi connectivity index (χ3n) is 2.97. The Morgan fingerprint density at radius 1 is 1.32 bits per heavy atom. The number of imidazole rings is 1. The van der Waals surface area contributed by atoms with Crippen molar-refractivity contribution in [3.63, 3.8) is 0 Å². The molecule has 3 rings (SSSR count). The number of fused-ring (bicyclic) bond motifs is 1. The fourth-order valence-corrected chi connectivity index (χ4v) is 3.97. The van der Waals surface area contributed by atoms with E-state index in [0.29, 0.717) is 34.9 Å². The molecule has 0 amide bonds. The Bertz CT molecular complexity index is 837. The van der Waals surface area contributed by atoms with Gasteiger partial charge in [0, 0.05) is 23.7 Å². The summed E-state index contributed by atoms with van der Waals surface area (Å²) >= 11 is 9.24. The molecular formula is C12H11BrClN3O4S. The van der Waals surface area contributed by atoms with E-state index < -0.39 is 10.0 Å². The summed E-state index contributed by atoms with van der Waals surface area (Å²) in [6, 6.07) is 3.19. The van der Waals surface area contributed by atoms with Crippen LogP contribution >= 0.6 is 27.5 Å². The molecule has 0 saturated carbocycles. The summed E-state index contributed by atoms with van der Waals surface area (Å²) in [5.41, 5.74) is 0.311. The van der Waals surface area contributed by atoms with E-state index in [1.54, 1.807) is 19.2 Å². The molecule has 0 unspecified atom stereocenters. The van der Waals surface area contributed by atoms with Gasteiger partial charge in [0.25, 0.3) is 10.0 Å². The molecule has 7 nitrogen and oxygen atoms in total. The Hall–Kier alpha value is -1.45. The van der Waals surface area contributed by atoms with Crippen LogP contribution in [-0.4, -0.2) is 31.2 Å². The van der Waals surface area contributed by atoms with E-state index in [-0.39, 0.29) is 10.2 Å². The second kappa shape index (κ2) is 5.64. The van der Waals surface area contributed by atoms with E-state index in [1.165, 1.54) is 10.9 Å². The summed E-state index contributed by atoms with van der Waals surface area (Å²) in [6.45, 7) is 0.862. The van der Waals surface area contributed by atoms with Crippen molar-refractivity contribution in [1.29, 1.82) is 0 Å². The molecule has 0 spiro atoms. The molecule has 118 valence electrons. The first-order valence-electron chi connectivity index (χ1n) is 6.17. The number of anilines is 1. The molecular weight excluding hydrogens is 398 g/mol. The molecule has 1 N–H and O–H groups in total. The second-order valence-electron chi connectivity index (χ2n) is 4.53. The summed E-state index contributed by atoms with van der Waals surface area (Å²) in [5.74, 6) is 1.02. The molecule has 1 aliphatic heterocycles. The summed E-state index contributed by atoms with van der Waals surface area (Å²) in [5, 5.41) is -0.209. The van der Waals surface area contributed by atoms with Gasteiger partial charge in [-0.1, -0.05) is 11.6 Å². The van der Waals surface area contributed by atoms with Crippen molar-refractivity contribution in [2.75, 3.05) is 17.9 Å². The van der Waals surface area contributed by atoms with Crippen molar-refractivity contribution < 1.29 is 17.9 Å². The highest BCUT2D eigenvalue weighted by atomic mass is 79.9. The maximum Gasteiger partial charge on any atom is 0.282 e. The molecule has 1 aromatic heterocycles. The lowest BCUT2D eigenvalue weighted by molar-refractivity contribution is 0.171. The number of aryl methyl sites for hydroxylation is 1. The van der Waals surface area contributed by atoms with Gasteiger partial charge in [0.15, 0.2) is 11.5 Å². The predicted molar refractivity (Wildman–Crippen MR) is 84.2 cm³/mol. The molecule has 2 heterocycles. The zero-order chi connectivity index (χ0) is 15.9. The van der Waals surface area contributed by atoms with Crippen LogP contribution in [0.1, 0.15) is 0 Å². The molecule has 0 bridgehead atoms. The predicted octanol–water partition coefficient (Wildman–Crippen LogP) is 2.41. The number of aromatic nitrogens is 2. The van der Waals surface area contributed by atoms with Crippen molar-refractivity contribution in [2.24, 2.45) is 7.05 Å². The van der Waals surface area contributed by atoms with Gasteiger partial charge in [-0.05, 0) is 15.9 Å². The Kier molecular flexibility index (Phi) is 3.96. The SMILES string of the molecule is Cn1cnc(S(=O)(=O)Nc2cc3c(cc2Br)OCCO3)c1Cl. The lowest BCUT2D eigenvalue weighted by atomic mass is 10.2. The first-order chi connectivity index (χ1) is 10.4. The highest BCUT2D eigenvalue weighted by Gasteiger charge is 2.24. The minimum Gasteiger partial charge on any atom is -0.486 e. The minimum absolute atomic E-state index is 0.0289. The maximum atomic E-state index is 12.4. The number of nitrogens with one attached hydrogen (secondary N) is 1. The van der Waals surface area contributed by atoms with Crippen molar-refractivity contribution in [1.82, 2.24) is 9.55 Å². The Labute approximate surface area is 140 Å². The van der Waals surface area contributed by atoms with E-state index in [4.69, 9.17) is 21.1 Å². The quantitative estimate of drug-likeness (QED) is 0.843. The number of ether oxygens (including phenoxy) is 2. The van der Waals surface area contributed by atoms with Crippen LogP contribution in [0.25, 0.3) is 0 Å². The molecule has 0 atom stereocenters. The average molecular weight is 409 g/mol. The first kappa shape index (κ1) is 15.4. The molecule has 1 aromatic carbocycles. The van der Waals surface area contributed by atoms with Crippen LogP contribution in [0.5, 0.6) is 11.5 Å². The highest BCUT2D eigenvalue weighted by molar-refractivity contribution is 9.10. The molecule has 10 heteroatoms. The van der Waals surface area contributed by atoms with Crippen molar-refractivity contribution >= 4 is 43.2 Å². The fourth-order valence-electron chi connectivity index (χ4n) is 1.91. The molecule has 0 fully saturated rings. The second-order valence-corrected chi connectivity index (χ2v) is 7.34. The molecule has 0 aliphatic carbocycles. The van der Waals surface area contributed by atoms with Gasteiger partial charge in [-0.3, -0.25) is 4.72 Å². The van der Waals surface area contributed by atoms with Crippen LogP contribution in [0.3, 0.4) is 0 Å². The van der Waals surface area contributed by atoms with E-state index >= 15 is 0 Å². The Morgan fingerprint density at radius 2 is 1.95 bits per heavy atom. The lowest BCUT2D eigenvalue weighted by Gasteiger charge is -2.20. The van der Waals surface area contributed by atoms with Gasteiger partial charge in [0.2, 0.25) is 5.03 Å². The van der Waals surface area contributed by atoms with Gasteiger partial charge in [-0.15, -0.1) is 0 Å². The standard InChI is InChI=1S/C12H11BrClN3O4S/c1-17-6-15-12(11(17)14)22(18,19)16-8-5-10-9(4-7(8)13)20-2-3-21-10/h4-6,16H,2-3H2,1H3. The van der Waals surface area contributed by atoms with E-state index in [1.807, 2.05) is 0 Å². The summed E-state index contributed by atoms with van der Waals surface area (Å²) in [7, 11) is -2.31. The largest absolute Gasteiger partial charge is 0.486 e. The third kappa shape index (κ3) is 2.75. The molecule has 0 saturated heterocycles. The average Bonchev–Trinajstić information content (AvgIpc) is 2.80. The van der Waals surface area contributed by atoms with E-state index in [2.05, 4.69) is 25.6 Å². The maximum absolute atomic E-state index is 12.4. The fraction of sp³-hybridized carbons (Fsp3) is 0.250. The van der Waals surface area contributed by atoms with Crippen molar-refractivity contribution in [3.8, 4) is 11.5 Å². The molecule has 2 aromatic rings. The zero-order valence-electron chi connectivity index (χ0n) is 11.3. The summed E-state index contributed by atoms with van der Waals surface area (Å²) in [6.07, 6.45) is 1.33. The minimum atomic E-state index is -3.91. The topological polar surface area (TPSA) is 82.5 Å². The number of halogens is 2. The molecule has 22 heavy (non-hydrogen) atoms. The molecule has 0 radical (unpaired) electrons. The van der Waals surface area contributed by atoms with Crippen LogP contribution in [0, 0.1) is 0 Å². The monoisotopic (exact) mass is 407 g/mol. The number of sulfonamides is 1. The lowest BCUT2D eigenvalue weighted by Crippen LogP contribution is -2.17. The van der Waals surface area contributed by atoms with Gasteiger partial charge in [0.05, 0.1) is 12.0 Å². The van der Waals surface area contributed by atoms with Crippen LogP contribution in [0.4, 0.5) is 5.69 Å². The Balaban J connectivity index is 1.97. The van der Waals surface area contributed by atoms with Crippen LogP contribution < -0.4 is 14.2 Å². The van der Waals surface area contributed by atoms with Crippen LogP contribution in [0.2, 0.25) is 5.15 Å². The van der Waals surface area contributed by atoms with E-state index in [9.17, 15) is 8.42 Å². The first-order valence-corrected chi connectivity index (χ1v) is 8.82. The van der Waals surface area contributed by atoms with Gasteiger partial charge >= 0.3 is 0 Å². The van der Waals surface area contributed by atoms with Crippen LogP contribution in [0.15, 0.2) is 28.0 Å². The molecule has 1 aliphatic rings. The number of hydrogen-bond acceptors (Lipinski definition) is 5. The number of nitrogens with zero attached hydrogens (tertiary/aromatic N) is 2. The van der Waals surface area contributed by atoms with Crippen molar-refractivity contribution in [2.45, 2.75) is 5.03 Å². The van der Waals surface area contributed by atoms with Crippen LogP contribution in [-0.2, 0) is 17.1 Å². The summed E-state index contributed by atoms with van der Waals surface area (Å²) in [4.78, 5) is 3.81. The smallest absolute Gasteiger partial charge is 0.282 e. The van der Waals surface area contributed by atoms with Gasteiger partial charge in [-0.2, -0.15) is 8.42 Å². The normalized spacial score (nSPS) is 14.0. The number of hydrogen-bond donors (Lipinski definition) is 1. The van der Waals surface area contributed by atoms with E-state index in [0.717, 1.165) is 0 Å². The van der Waals surface area contributed by atoms with Gasteiger partial charge in [-0.25, -0.2) is 4.98 Å². The zero-order valence-corrected chi connectivity index (χ0v) is 14.5. The number of benzene rings is 1. The van der Waals surface area contributed by atoms with Crippen molar-refractivity contribution in [3.05, 3.63) is 28.1 Å². The highest BCUT2D eigenvalue weighted by Crippen LogP contribution is 2.39. The third-order valence-corrected chi connectivity index (χ3v) is 5.48.